The third-order valence-electron chi connectivity index (χ3n) is 5.46. The Morgan fingerprint density at radius 2 is 2.05 bits per heavy atom. The molecule has 116 valence electrons. The maximum atomic E-state index is 6.05. The van der Waals surface area contributed by atoms with Gasteiger partial charge in [-0.05, 0) is 79.5 Å². The molecule has 1 N–H and O–H groups in total. The van der Waals surface area contributed by atoms with E-state index < -0.39 is 0 Å². The Morgan fingerprint density at radius 3 is 2.71 bits per heavy atom. The fourth-order valence-corrected chi connectivity index (χ4v) is 4.89. The number of halogens is 1. The maximum absolute atomic E-state index is 6.05. The molecule has 0 aliphatic heterocycles. The van der Waals surface area contributed by atoms with Gasteiger partial charge in [0.1, 0.15) is 0 Å². The predicted molar refractivity (Wildman–Crippen MR) is 96.9 cm³/mol. The fraction of sp³-hybridized carbons (Fsp3) is 0.667. The molecule has 2 nitrogen and oxygen atoms in total. The molecule has 21 heavy (non-hydrogen) atoms. The third-order valence-corrected chi connectivity index (χ3v) is 6.13. The van der Waals surface area contributed by atoms with Crippen molar-refractivity contribution in [1.29, 1.82) is 0 Å². The molecule has 0 aromatic heterocycles. The van der Waals surface area contributed by atoms with E-state index in [0.717, 1.165) is 6.61 Å². The number of hydrogen-bond donors (Lipinski definition) is 1. The number of ether oxygens (including phenoxy) is 1. The van der Waals surface area contributed by atoms with E-state index in [4.69, 9.17) is 4.74 Å². The normalized spacial score (nSPS) is 27.4. The van der Waals surface area contributed by atoms with Gasteiger partial charge in [0.05, 0.1) is 6.10 Å². The molecule has 2 saturated carbocycles. The summed E-state index contributed by atoms with van der Waals surface area (Å²) in [6, 6.07) is 7.28. The SMILES string of the molecule is CCOC1CC(Nc2ccc(I)cc2C)C12CCCCC2. The lowest BCUT2D eigenvalue weighted by atomic mass is 9.55. The van der Waals surface area contributed by atoms with Crippen molar-refractivity contribution in [2.75, 3.05) is 11.9 Å². The van der Waals surface area contributed by atoms with E-state index in [1.54, 1.807) is 0 Å². The highest BCUT2D eigenvalue weighted by atomic mass is 127. The van der Waals surface area contributed by atoms with Crippen molar-refractivity contribution in [1.82, 2.24) is 0 Å². The number of aryl methyl sites for hydroxylation is 1. The summed E-state index contributed by atoms with van der Waals surface area (Å²) in [5.41, 5.74) is 3.05. The van der Waals surface area contributed by atoms with Crippen molar-refractivity contribution >= 4 is 28.3 Å². The van der Waals surface area contributed by atoms with Crippen LogP contribution in [0.5, 0.6) is 0 Å². The highest BCUT2D eigenvalue weighted by Crippen LogP contribution is 2.54. The molecule has 1 aromatic rings. The Bertz CT molecular complexity index is 496. The van der Waals surface area contributed by atoms with Gasteiger partial charge < -0.3 is 10.1 Å². The molecule has 1 aromatic carbocycles. The molecule has 0 bridgehead atoms. The van der Waals surface area contributed by atoms with Crippen LogP contribution in [0, 0.1) is 15.9 Å². The van der Waals surface area contributed by atoms with Gasteiger partial charge in [0, 0.05) is 27.3 Å². The van der Waals surface area contributed by atoms with E-state index in [1.165, 1.54) is 53.3 Å². The second-order valence-corrected chi connectivity index (χ2v) is 7.88. The second kappa shape index (κ2) is 6.45. The van der Waals surface area contributed by atoms with E-state index in [-0.39, 0.29) is 0 Å². The molecule has 0 heterocycles. The van der Waals surface area contributed by atoms with E-state index >= 15 is 0 Å². The van der Waals surface area contributed by atoms with Crippen LogP contribution in [0.15, 0.2) is 18.2 Å². The maximum Gasteiger partial charge on any atom is 0.0670 e. The molecular weight excluding hydrogens is 373 g/mol. The lowest BCUT2D eigenvalue weighted by molar-refractivity contribution is -0.134. The molecule has 0 saturated heterocycles. The Kier molecular flexibility index (Phi) is 4.79. The molecule has 2 unspecified atom stereocenters. The van der Waals surface area contributed by atoms with Gasteiger partial charge in [-0.2, -0.15) is 0 Å². The van der Waals surface area contributed by atoms with Crippen molar-refractivity contribution in [2.45, 2.75) is 64.5 Å². The van der Waals surface area contributed by atoms with Gasteiger partial charge in [0.15, 0.2) is 0 Å². The minimum atomic E-state index is 0.393. The van der Waals surface area contributed by atoms with Crippen molar-refractivity contribution in [3.05, 3.63) is 27.3 Å². The largest absolute Gasteiger partial charge is 0.381 e. The average molecular weight is 399 g/mol. The molecule has 3 rings (SSSR count). The van der Waals surface area contributed by atoms with Crippen LogP contribution in [0.25, 0.3) is 0 Å². The number of rotatable bonds is 4. The van der Waals surface area contributed by atoms with Crippen LogP contribution in [-0.2, 0) is 4.74 Å². The number of hydrogen-bond acceptors (Lipinski definition) is 2. The highest BCUT2D eigenvalue weighted by molar-refractivity contribution is 14.1. The van der Waals surface area contributed by atoms with Crippen LogP contribution in [0.3, 0.4) is 0 Å². The third kappa shape index (κ3) is 2.96. The van der Waals surface area contributed by atoms with Crippen molar-refractivity contribution in [2.24, 2.45) is 5.41 Å². The van der Waals surface area contributed by atoms with Gasteiger partial charge in [-0.3, -0.25) is 0 Å². The van der Waals surface area contributed by atoms with Crippen LogP contribution >= 0.6 is 22.6 Å². The van der Waals surface area contributed by atoms with Crippen LogP contribution < -0.4 is 5.32 Å². The zero-order valence-corrected chi connectivity index (χ0v) is 15.3. The lowest BCUT2D eigenvalue weighted by Crippen LogP contribution is -2.62. The first-order chi connectivity index (χ1) is 10.2. The minimum absolute atomic E-state index is 0.393. The summed E-state index contributed by atoms with van der Waals surface area (Å²) in [7, 11) is 0. The second-order valence-electron chi connectivity index (χ2n) is 6.63. The summed E-state index contributed by atoms with van der Waals surface area (Å²) < 4.78 is 7.36. The van der Waals surface area contributed by atoms with Gasteiger partial charge in [0.25, 0.3) is 0 Å². The summed E-state index contributed by atoms with van der Waals surface area (Å²) in [6.45, 7) is 5.18. The van der Waals surface area contributed by atoms with Crippen molar-refractivity contribution in [3.8, 4) is 0 Å². The minimum Gasteiger partial charge on any atom is -0.381 e. The highest BCUT2D eigenvalue weighted by Gasteiger charge is 2.55. The van der Waals surface area contributed by atoms with Gasteiger partial charge in [0.2, 0.25) is 0 Å². The zero-order chi connectivity index (χ0) is 14.9. The van der Waals surface area contributed by atoms with Crippen molar-refractivity contribution in [3.63, 3.8) is 0 Å². The molecular formula is C18H26INO. The molecule has 0 amide bonds. The quantitative estimate of drug-likeness (QED) is 0.708. The molecule has 3 heteroatoms. The Hall–Kier alpha value is -0.290. The van der Waals surface area contributed by atoms with E-state index in [1.807, 2.05) is 0 Å². The number of nitrogens with one attached hydrogen (secondary N) is 1. The zero-order valence-electron chi connectivity index (χ0n) is 13.1. The summed E-state index contributed by atoms with van der Waals surface area (Å²) in [5.74, 6) is 0. The standard InChI is InChI=1S/C18H26INO/c1-3-21-17-12-16(18(17)9-5-4-6-10-18)20-15-8-7-14(19)11-13(15)2/h7-8,11,16-17,20H,3-6,9-10,12H2,1-2H3. The summed E-state index contributed by atoms with van der Waals surface area (Å²) >= 11 is 2.38. The van der Waals surface area contributed by atoms with Crippen LogP contribution in [-0.4, -0.2) is 18.8 Å². The summed E-state index contributed by atoms with van der Waals surface area (Å²) in [6.07, 6.45) is 8.44. The fourth-order valence-electron chi connectivity index (χ4n) is 4.24. The van der Waals surface area contributed by atoms with Crippen LogP contribution in [0.2, 0.25) is 0 Å². The first-order valence-electron chi connectivity index (χ1n) is 8.30. The monoisotopic (exact) mass is 399 g/mol. The average Bonchev–Trinajstić information content (AvgIpc) is 2.49. The topological polar surface area (TPSA) is 21.3 Å². The molecule has 1 spiro atoms. The first-order valence-corrected chi connectivity index (χ1v) is 9.38. The van der Waals surface area contributed by atoms with Gasteiger partial charge >= 0.3 is 0 Å². The van der Waals surface area contributed by atoms with E-state index in [9.17, 15) is 0 Å². The molecule has 2 aliphatic carbocycles. The predicted octanol–water partition coefficient (Wildman–Crippen LogP) is 5.14. The first kappa shape index (κ1) is 15.6. The van der Waals surface area contributed by atoms with E-state index in [2.05, 4.69) is 60.0 Å². The van der Waals surface area contributed by atoms with Crippen molar-refractivity contribution < 1.29 is 4.74 Å². The summed E-state index contributed by atoms with van der Waals surface area (Å²) in [4.78, 5) is 0. The molecule has 2 aliphatic rings. The Morgan fingerprint density at radius 1 is 1.29 bits per heavy atom. The molecule has 2 fully saturated rings. The van der Waals surface area contributed by atoms with Crippen LogP contribution in [0.1, 0.15) is 51.0 Å². The van der Waals surface area contributed by atoms with Gasteiger partial charge in [-0.25, -0.2) is 0 Å². The lowest BCUT2D eigenvalue weighted by Gasteiger charge is -2.58. The van der Waals surface area contributed by atoms with Gasteiger partial charge in [-0.15, -0.1) is 0 Å². The Balaban J connectivity index is 1.75. The smallest absolute Gasteiger partial charge is 0.0670 e. The number of anilines is 1. The number of benzene rings is 1. The molecule has 0 radical (unpaired) electrons. The van der Waals surface area contributed by atoms with Crippen LogP contribution in [0.4, 0.5) is 5.69 Å². The Labute approximate surface area is 142 Å². The molecule has 2 atom stereocenters. The summed E-state index contributed by atoms with van der Waals surface area (Å²) in [5, 5.41) is 3.84. The van der Waals surface area contributed by atoms with Gasteiger partial charge in [-0.1, -0.05) is 19.3 Å². The van der Waals surface area contributed by atoms with E-state index in [0.29, 0.717) is 17.6 Å².